The van der Waals surface area contributed by atoms with Crippen molar-refractivity contribution < 1.29 is 18.3 Å². The minimum Gasteiger partial charge on any atom is -0.496 e. The molecule has 136 valence electrons. The average Bonchev–Trinajstić information content (AvgIpc) is 3.03. The van der Waals surface area contributed by atoms with Crippen molar-refractivity contribution in [2.45, 2.75) is 19.9 Å². The van der Waals surface area contributed by atoms with Gasteiger partial charge in [0.2, 0.25) is 6.41 Å². The zero-order chi connectivity index (χ0) is 18.0. The lowest BCUT2D eigenvalue weighted by molar-refractivity contribution is 0.0543. The summed E-state index contributed by atoms with van der Waals surface area (Å²) in [5.41, 5.74) is 2.91. The minimum atomic E-state index is -2.29. The minimum absolute atomic E-state index is 0.159. The quantitative estimate of drug-likeness (QED) is 0.749. The first-order chi connectivity index (χ1) is 12.0. The van der Waals surface area contributed by atoms with Crippen LogP contribution in [0.3, 0.4) is 0 Å². The summed E-state index contributed by atoms with van der Waals surface area (Å²) in [5, 5.41) is 0.999. The number of hydrogen-bond acceptors (Lipinski definition) is 4. The van der Waals surface area contributed by atoms with Crippen LogP contribution < -0.4 is 4.74 Å². The number of aromatic nitrogens is 1. The van der Waals surface area contributed by atoms with Crippen LogP contribution in [0.15, 0.2) is 18.3 Å². The van der Waals surface area contributed by atoms with Crippen molar-refractivity contribution in [1.82, 2.24) is 14.4 Å². The van der Waals surface area contributed by atoms with Crippen LogP contribution in [0.5, 0.6) is 5.75 Å². The molecule has 0 amide bonds. The molecule has 0 N–H and O–H groups in total. The fourth-order valence-corrected chi connectivity index (χ4v) is 3.57. The molecule has 0 atom stereocenters. The normalized spacial score (nSPS) is 16.7. The molecule has 0 aliphatic carbocycles. The summed E-state index contributed by atoms with van der Waals surface area (Å²) in [5.74, 6) is 0.795. The number of hydrogen-bond donors (Lipinski definition) is 0. The van der Waals surface area contributed by atoms with Crippen LogP contribution in [0.25, 0.3) is 10.9 Å². The van der Waals surface area contributed by atoms with Crippen molar-refractivity contribution >= 4 is 17.3 Å². The van der Waals surface area contributed by atoms with Crippen LogP contribution in [-0.2, 0) is 11.3 Å². The van der Waals surface area contributed by atoms with E-state index in [-0.39, 0.29) is 6.54 Å². The molecule has 7 heteroatoms. The molecule has 1 aromatic carbocycles. The molecule has 25 heavy (non-hydrogen) atoms. The second-order valence-electron chi connectivity index (χ2n) is 6.43. The van der Waals surface area contributed by atoms with E-state index in [2.05, 4.69) is 4.90 Å². The Morgan fingerprint density at radius 3 is 2.52 bits per heavy atom. The number of benzene rings is 1. The fourth-order valence-electron chi connectivity index (χ4n) is 3.57. The summed E-state index contributed by atoms with van der Waals surface area (Å²) in [6.45, 7) is 5.21. The standard InChI is InChI=1S/C18H23F2N3O2/c1-13-9-16(25-2)15(14-3-4-23(12-24)18(13)14)10-21-5-7-22(8-6-21)11-17(19)20/h3-4,9,12,17H,5-8,10-11H2,1-2H3. The first kappa shape index (κ1) is 17.8. The van der Waals surface area contributed by atoms with Crippen molar-refractivity contribution in [2.75, 3.05) is 39.8 Å². The molecule has 0 spiro atoms. The predicted molar refractivity (Wildman–Crippen MR) is 93.1 cm³/mol. The van der Waals surface area contributed by atoms with Crippen LogP contribution in [0.2, 0.25) is 0 Å². The average molecular weight is 351 g/mol. The van der Waals surface area contributed by atoms with Gasteiger partial charge in [0.15, 0.2) is 0 Å². The molecule has 1 saturated heterocycles. The van der Waals surface area contributed by atoms with E-state index in [0.29, 0.717) is 19.6 Å². The lowest BCUT2D eigenvalue weighted by Gasteiger charge is -2.34. The molecule has 1 fully saturated rings. The molecule has 1 aliphatic rings. The van der Waals surface area contributed by atoms with Gasteiger partial charge >= 0.3 is 0 Å². The smallest absolute Gasteiger partial charge is 0.251 e. The molecular formula is C18H23F2N3O2. The Hall–Kier alpha value is -1.99. The van der Waals surface area contributed by atoms with Gasteiger partial charge in [0.1, 0.15) is 5.75 Å². The number of nitrogens with zero attached hydrogens (tertiary/aromatic N) is 3. The predicted octanol–water partition coefficient (Wildman–Crippen LogP) is 2.38. The first-order valence-electron chi connectivity index (χ1n) is 8.38. The molecular weight excluding hydrogens is 328 g/mol. The van der Waals surface area contributed by atoms with Crippen LogP contribution in [0, 0.1) is 6.92 Å². The van der Waals surface area contributed by atoms with Crippen molar-refractivity contribution in [1.29, 1.82) is 0 Å². The van der Waals surface area contributed by atoms with E-state index < -0.39 is 6.43 Å². The number of fused-ring (bicyclic) bond motifs is 1. The molecule has 2 heterocycles. The van der Waals surface area contributed by atoms with Gasteiger partial charge in [0, 0.05) is 49.9 Å². The number of aryl methyl sites for hydroxylation is 1. The molecule has 1 aromatic heterocycles. The van der Waals surface area contributed by atoms with E-state index >= 15 is 0 Å². The zero-order valence-electron chi connectivity index (χ0n) is 14.5. The third-order valence-corrected chi connectivity index (χ3v) is 4.84. The van der Waals surface area contributed by atoms with Crippen LogP contribution in [0.1, 0.15) is 11.1 Å². The highest BCUT2D eigenvalue weighted by Crippen LogP contribution is 2.32. The van der Waals surface area contributed by atoms with Crippen molar-refractivity contribution in [2.24, 2.45) is 0 Å². The lowest BCUT2D eigenvalue weighted by Crippen LogP contribution is -2.47. The third kappa shape index (κ3) is 3.67. The summed E-state index contributed by atoms with van der Waals surface area (Å²) in [7, 11) is 1.64. The third-order valence-electron chi connectivity index (χ3n) is 4.84. The molecule has 0 bridgehead atoms. The Kier molecular flexibility index (Phi) is 5.34. The highest BCUT2D eigenvalue weighted by atomic mass is 19.3. The Balaban J connectivity index is 1.83. The maximum Gasteiger partial charge on any atom is 0.251 e. The monoisotopic (exact) mass is 351 g/mol. The summed E-state index contributed by atoms with van der Waals surface area (Å²) < 4.78 is 32.2. The molecule has 2 aromatic rings. The Morgan fingerprint density at radius 1 is 1.24 bits per heavy atom. The number of alkyl halides is 2. The van der Waals surface area contributed by atoms with Gasteiger partial charge in [-0.2, -0.15) is 0 Å². The van der Waals surface area contributed by atoms with E-state index in [0.717, 1.165) is 47.3 Å². The highest BCUT2D eigenvalue weighted by Gasteiger charge is 2.22. The summed E-state index contributed by atoms with van der Waals surface area (Å²) in [6, 6.07) is 3.88. The number of rotatable bonds is 6. The van der Waals surface area contributed by atoms with Gasteiger partial charge in [0.25, 0.3) is 6.43 Å². The molecule has 3 rings (SSSR count). The molecule has 0 radical (unpaired) electrons. The first-order valence-corrected chi connectivity index (χ1v) is 8.38. The van der Waals surface area contributed by atoms with E-state index in [1.807, 2.05) is 19.1 Å². The summed E-state index contributed by atoms with van der Waals surface area (Å²) in [6.07, 6.45) is 0.273. The van der Waals surface area contributed by atoms with Gasteiger partial charge in [-0.25, -0.2) is 8.78 Å². The van der Waals surface area contributed by atoms with E-state index in [1.54, 1.807) is 22.8 Å². The highest BCUT2D eigenvalue weighted by molar-refractivity contribution is 5.92. The maximum atomic E-state index is 12.5. The number of piperazine rings is 1. The molecule has 0 saturated carbocycles. The lowest BCUT2D eigenvalue weighted by atomic mass is 10.0. The van der Waals surface area contributed by atoms with Crippen molar-refractivity contribution in [3.63, 3.8) is 0 Å². The molecule has 1 aliphatic heterocycles. The number of carbonyl (C=O) groups excluding carboxylic acids is 1. The van der Waals surface area contributed by atoms with Gasteiger partial charge in [-0.3, -0.25) is 19.2 Å². The molecule has 5 nitrogen and oxygen atoms in total. The summed E-state index contributed by atoms with van der Waals surface area (Å²) in [4.78, 5) is 15.3. The summed E-state index contributed by atoms with van der Waals surface area (Å²) >= 11 is 0. The number of carbonyl (C=O) groups is 1. The van der Waals surface area contributed by atoms with Crippen molar-refractivity contribution in [3.8, 4) is 5.75 Å². The second-order valence-corrected chi connectivity index (χ2v) is 6.43. The Labute approximate surface area is 145 Å². The van der Waals surface area contributed by atoms with Gasteiger partial charge in [0.05, 0.1) is 19.2 Å². The maximum absolute atomic E-state index is 12.5. The number of methoxy groups -OCH3 is 1. The van der Waals surface area contributed by atoms with Gasteiger partial charge in [-0.15, -0.1) is 0 Å². The second kappa shape index (κ2) is 7.49. The Morgan fingerprint density at radius 2 is 1.92 bits per heavy atom. The van der Waals surface area contributed by atoms with E-state index in [1.165, 1.54) is 0 Å². The van der Waals surface area contributed by atoms with E-state index in [9.17, 15) is 13.6 Å². The molecule has 0 unspecified atom stereocenters. The topological polar surface area (TPSA) is 37.7 Å². The largest absolute Gasteiger partial charge is 0.496 e. The van der Waals surface area contributed by atoms with E-state index in [4.69, 9.17) is 4.74 Å². The zero-order valence-corrected chi connectivity index (χ0v) is 14.5. The number of ether oxygens (including phenoxy) is 1. The number of halogens is 2. The van der Waals surface area contributed by atoms with Crippen LogP contribution in [0.4, 0.5) is 8.78 Å². The van der Waals surface area contributed by atoms with Gasteiger partial charge < -0.3 is 4.74 Å². The van der Waals surface area contributed by atoms with Gasteiger partial charge in [-0.05, 0) is 24.6 Å². The Bertz CT molecular complexity index is 752. The fraction of sp³-hybridized carbons (Fsp3) is 0.500. The SMILES string of the molecule is COc1cc(C)c2c(ccn2C=O)c1CN1CCN(CC(F)F)CC1. The van der Waals surface area contributed by atoms with Gasteiger partial charge in [-0.1, -0.05) is 0 Å². The van der Waals surface area contributed by atoms with Crippen LogP contribution in [-0.4, -0.2) is 67.0 Å². The van der Waals surface area contributed by atoms with Crippen molar-refractivity contribution in [3.05, 3.63) is 29.5 Å². The van der Waals surface area contributed by atoms with Crippen LogP contribution >= 0.6 is 0 Å².